The Kier molecular flexibility index (Phi) is 4.13. The lowest BCUT2D eigenvalue weighted by atomic mass is 10.3. The highest BCUT2D eigenvalue weighted by atomic mass is 79.9. The predicted molar refractivity (Wildman–Crippen MR) is 78.7 cm³/mol. The van der Waals surface area contributed by atoms with Gasteiger partial charge in [-0.15, -0.1) is 0 Å². The zero-order valence-corrected chi connectivity index (χ0v) is 12.4. The number of ether oxygens (including phenoxy) is 1. The first-order valence-electron chi connectivity index (χ1n) is 5.68. The van der Waals surface area contributed by atoms with Crippen molar-refractivity contribution in [3.8, 4) is 11.8 Å². The van der Waals surface area contributed by atoms with Gasteiger partial charge in [-0.3, -0.25) is 15.5 Å². The number of rotatable bonds is 4. The zero-order chi connectivity index (χ0) is 15.6. The van der Waals surface area contributed by atoms with Crippen LogP contribution in [0.2, 0.25) is 0 Å². The SMILES string of the molecule is Cc1cc(C(=N)N)nc(Oc2cc(Br)cc([N+](=O)[O-])c2)n1. The van der Waals surface area contributed by atoms with Crippen LogP contribution in [0.1, 0.15) is 11.4 Å². The maximum atomic E-state index is 10.8. The van der Waals surface area contributed by atoms with E-state index in [1.165, 1.54) is 12.1 Å². The fourth-order valence-corrected chi connectivity index (χ4v) is 2.00. The lowest BCUT2D eigenvalue weighted by molar-refractivity contribution is -0.385. The highest BCUT2D eigenvalue weighted by molar-refractivity contribution is 9.10. The van der Waals surface area contributed by atoms with Crippen LogP contribution in [0, 0.1) is 22.4 Å². The first-order chi connectivity index (χ1) is 9.85. The number of aromatic nitrogens is 2. The molecule has 0 amide bonds. The Morgan fingerprint density at radius 3 is 2.71 bits per heavy atom. The van der Waals surface area contributed by atoms with E-state index in [9.17, 15) is 10.1 Å². The molecule has 0 saturated heterocycles. The predicted octanol–water partition coefficient (Wildman–Crippen LogP) is 2.53. The number of benzene rings is 1. The summed E-state index contributed by atoms with van der Waals surface area (Å²) in [6.45, 7) is 1.70. The molecule has 8 nitrogen and oxygen atoms in total. The third-order valence-electron chi connectivity index (χ3n) is 2.39. The number of amidine groups is 1. The van der Waals surface area contributed by atoms with Crippen molar-refractivity contribution in [1.82, 2.24) is 9.97 Å². The Balaban J connectivity index is 2.38. The van der Waals surface area contributed by atoms with Gasteiger partial charge in [0.05, 0.1) is 11.0 Å². The minimum Gasteiger partial charge on any atom is -0.424 e. The van der Waals surface area contributed by atoms with Crippen molar-refractivity contribution >= 4 is 27.5 Å². The number of non-ortho nitro benzene ring substituents is 1. The number of nitrogens with two attached hydrogens (primary N) is 1. The van der Waals surface area contributed by atoms with Crippen LogP contribution in [-0.4, -0.2) is 20.7 Å². The largest absolute Gasteiger partial charge is 0.424 e. The maximum absolute atomic E-state index is 10.8. The van der Waals surface area contributed by atoms with Crippen LogP contribution in [0.4, 0.5) is 5.69 Å². The minimum absolute atomic E-state index is 0.0346. The van der Waals surface area contributed by atoms with Crippen LogP contribution < -0.4 is 10.5 Å². The number of aryl methyl sites for hydroxylation is 1. The van der Waals surface area contributed by atoms with E-state index >= 15 is 0 Å². The molecule has 0 aliphatic rings. The standard InChI is InChI=1S/C12H10BrN5O3/c1-6-2-10(11(14)15)17-12(16-6)21-9-4-7(13)3-8(5-9)18(19)20/h2-5H,1H3,(H3,14,15). The number of hydrogen-bond donors (Lipinski definition) is 2. The lowest BCUT2D eigenvalue weighted by Crippen LogP contribution is -2.14. The Bertz CT molecular complexity index is 673. The summed E-state index contributed by atoms with van der Waals surface area (Å²) in [5.41, 5.74) is 6.04. The van der Waals surface area contributed by atoms with Gasteiger partial charge in [0.2, 0.25) is 0 Å². The van der Waals surface area contributed by atoms with Gasteiger partial charge in [0, 0.05) is 16.2 Å². The van der Waals surface area contributed by atoms with E-state index in [1.807, 2.05) is 0 Å². The zero-order valence-electron chi connectivity index (χ0n) is 10.8. The molecule has 2 aromatic rings. The molecule has 0 atom stereocenters. The molecule has 1 heterocycles. The first-order valence-corrected chi connectivity index (χ1v) is 6.47. The molecule has 0 spiro atoms. The molecule has 2 rings (SSSR count). The van der Waals surface area contributed by atoms with E-state index in [2.05, 4.69) is 25.9 Å². The van der Waals surface area contributed by atoms with Crippen molar-refractivity contribution in [2.45, 2.75) is 6.92 Å². The van der Waals surface area contributed by atoms with E-state index in [0.29, 0.717) is 10.2 Å². The minimum atomic E-state index is -0.532. The summed E-state index contributed by atoms with van der Waals surface area (Å²) in [7, 11) is 0. The van der Waals surface area contributed by atoms with Gasteiger partial charge in [-0.2, -0.15) is 4.98 Å². The van der Waals surface area contributed by atoms with Gasteiger partial charge < -0.3 is 10.5 Å². The third-order valence-corrected chi connectivity index (χ3v) is 2.84. The molecule has 9 heteroatoms. The average molecular weight is 352 g/mol. The van der Waals surface area contributed by atoms with Crippen LogP contribution in [-0.2, 0) is 0 Å². The van der Waals surface area contributed by atoms with Gasteiger partial charge in [0.1, 0.15) is 17.3 Å². The molecular formula is C12H10BrN5O3. The van der Waals surface area contributed by atoms with Crippen molar-refractivity contribution in [3.63, 3.8) is 0 Å². The molecule has 0 radical (unpaired) electrons. The van der Waals surface area contributed by atoms with Crippen molar-refractivity contribution < 1.29 is 9.66 Å². The summed E-state index contributed by atoms with van der Waals surface area (Å²) in [5, 5.41) is 18.2. The van der Waals surface area contributed by atoms with Crippen LogP contribution >= 0.6 is 15.9 Å². The Hall–Kier alpha value is -2.55. The fourth-order valence-electron chi connectivity index (χ4n) is 1.54. The second kappa shape index (κ2) is 5.83. The molecule has 0 saturated carbocycles. The van der Waals surface area contributed by atoms with E-state index in [4.69, 9.17) is 15.9 Å². The quantitative estimate of drug-likeness (QED) is 0.377. The molecule has 0 bridgehead atoms. The number of nitrogens with zero attached hydrogens (tertiary/aromatic N) is 3. The van der Waals surface area contributed by atoms with E-state index < -0.39 is 4.92 Å². The molecule has 21 heavy (non-hydrogen) atoms. The van der Waals surface area contributed by atoms with E-state index in [0.717, 1.165) is 0 Å². The maximum Gasteiger partial charge on any atom is 0.322 e. The van der Waals surface area contributed by atoms with Crippen molar-refractivity contribution in [3.05, 3.63) is 50.2 Å². The third kappa shape index (κ3) is 3.72. The molecule has 0 unspecified atom stereocenters. The fraction of sp³-hybridized carbons (Fsp3) is 0.0833. The first kappa shape index (κ1) is 14.9. The van der Waals surface area contributed by atoms with Gasteiger partial charge >= 0.3 is 6.01 Å². The summed E-state index contributed by atoms with van der Waals surface area (Å²) in [6.07, 6.45) is 0. The lowest BCUT2D eigenvalue weighted by Gasteiger charge is -2.07. The van der Waals surface area contributed by atoms with E-state index in [1.54, 1.807) is 19.1 Å². The molecule has 1 aromatic carbocycles. The molecule has 0 aliphatic carbocycles. The molecule has 108 valence electrons. The number of nitro groups is 1. The topological polar surface area (TPSA) is 128 Å². The smallest absolute Gasteiger partial charge is 0.322 e. The second-order valence-electron chi connectivity index (χ2n) is 4.10. The van der Waals surface area contributed by atoms with Gasteiger partial charge in [0.25, 0.3) is 5.69 Å². The van der Waals surface area contributed by atoms with Crippen LogP contribution in [0.25, 0.3) is 0 Å². The van der Waals surface area contributed by atoms with Crippen LogP contribution in [0.5, 0.6) is 11.8 Å². The Labute approximate surface area is 127 Å². The normalized spacial score (nSPS) is 10.2. The Morgan fingerprint density at radius 1 is 1.38 bits per heavy atom. The van der Waals surface area contributed by atoms with Crippen molar-refractivity contribution in [1.29, 1.82) is 5.41 Å². The summed E-state index contributed by atoms with van der Waals surface area (Å²) < 4.78 is 5.90. The number of nitro benzene ring substituents is 1. The Morgan fingerprint density at radius 2 is 2.10 bits per heavy atom. The molecule has 0 aliphatic heterocycles. The average Bonchev–Trinajstić information content (AvgIpc) is 2.37. The molecule has 0 fully saturated rings. The summed E-state index contributed by atoms with van der Waals surface area (Å²) in [6, 6.07) is 5.66. The van der Waals surface area contributed by atoms with Crippen LogP contribution in [0.15, 0.2) is 28.7 Å². The van der Waals surface area contributed by atoms with Crippen molar-refractivity contribution in [2.24, 2.45) is 5.73 Å². The molecule has 3 N–H and O–H groups in total. The highest BCUT2D eigenvalue weighted by Gasteiger charge is 2.12. The van der Waals surface area contributed by atoms with E-state index in [-0.39, 0.29) is 29.0 Å². The van der Waals surface area contributed by atoms with Gasteiger partial charge in [-0.05, 0) is 19.1 Å². The summed E-state index contributed by atoms with van der Waals surface area (Å²) in [5.74, 6) is -0.0123. The number of nitrogens with one attached hydrogen (secondary N) is 1. The number of hydrogen-bond acceptors (Lipinski definition) is 6. The van der Waals surface area contributed by atoms with Gasteiger partial charge in [-0.25, -0.2) is 4.98 Å². The summed E-state index contributed by atoms with van der Waals surface area (Å²) >= 11 is 3.17. The number of nitrogen functional groups attached to an aromatic ring is 1. The summed E-state index contributed by atoms with van der Waals surface area (Å²) in [4.78, 5) is 18.3. The van der Waals surface area contributed by atoms with Crippen molar-refractivity contribution in [2.75, 3.05) is 0 Å². The van der Waals surface area contributed by atoms with Gasteiger partial charge in [0.15, 0.2) is 0 Å². The van der Waals surface area contributed by atoms with Crippen LogP contribution in [0.3, 0.4) is 0 Å². The molecular weight excluding hydrogens is 342 g/mol. The highest BCUT2D eigenvalue weighted by Crippen LogP contribution is 2.28. The second-order valence-corrected chi connectivity index (χ2v) is 5.01. The molecule has 1 aromatic heterocycles. The van der Waals surface area contributed by atoms with Gasteiger partial charge in [-0.1, -0.05) is 15.9 Å². The number of halogens is 1. The monoisotopic (exact) mass is 351 g/mol.